The lowest BCUT2D eigenvalue weighted by atomic mass is 9.95. The number of nitrogens with one attached hydrogen (secondary N) is 1. The van der Waals surface area contributed by atoms with Crippen molar-refractivity contribution >= 4 is 29.5 Å². The zero-order valence-corrected chi connectivity index (χ0v) is 20.1. The number of hydrogen-bond acceptors (Lipinski definition) is 4. The number of nitrogens with zero attached hydrogens (tertiary/aromatic N) is 2. The third-order valence-electron chi connectivity index (χ3n) is 7.37. The molecule has 0 aromatic heterocycles. The Hall–Kier alpha value is -4.19. The molecule has 2 atom stereocenters. The van der Waals surface area contributed by atoms with E-state index in [2.05, 4.69) is 77.8 Å². The molecular formula is C30H27N3O3. The minimum absolute atomic E-state index is 0.0938. The fourth-order valence-electron chi connectivity index (χ4n) is 5.57. The van der Waals surface area contributed by atoms with E-state index in [1.54, 1.807) is 4.90 Å². The van der Waals surface area contributed by atoms with Crippen LogP contribution in [0.1, 0.15) is 57.1 Å². The number of hydrogen-bond donors (Lipinski definition) is 1. The summed E-state index contributed by atoms with van der Waals surface area (Å²) in [5, 5.41) is 2.37. The van der Waals surface area contributed by atoms with E-state index in [1.165, 1.54) is 22.4 Å². The van der Waals surface area contributed by atoms with Crippen molar-refractivity contribution in [2.75, 3.05) is 4.90 Å². The Morgan fingerprint density at radius 3 is 2.61 bits per heavy atom. The Bertz CT molecular complexity index is 1410. The van der Waals surface area contributed by atoms with Gasteiger partial charge in [-0.2, -0.15) is 0 Å². The van der Waals surface area contributed by atoms with Gasteiger partial charge in [0, 0.05) is 30.8 Å². The van der Waals surface area contributed by atoms with Crippen molar-refractivity contribution in [1.82, 2.24) is 10.2 Å². The van der Waals surface area contributed by atoms with Crippen LogP contribution in [0.15, 0.2) is 72.8 Å². The number of benzene rings is 3. The van der Waals surface area contributed by atoms with E-state index < -0.39 is 6.04 Å². The molecule has 3 aliphatic rings. The molecule has 1 fully saturated rings. The number of fused-ring (bicyclic) bond motifs is 2. The average Bonchev–Trinajstić information content (AvgIpc) is 3.20. The summed E-state index contributed by atoms with van der Waals surface area (Å²) in [4.78, 5) is 41.1. The van der Waals surface area contributed by atoms with Gasteiger partial charge in [0.1, 0.15) is 6.04 Å². The molecule has 0 bridgehead atoms. The van der Waals surface area contributed by atoms with Gasteiger partial charge >= 0.3 is 0 Å². The SMILES string of the molecule is Cc1ccc2c(c1)C=CC(c1ccccc1)N2Cc1ccc2c(c1)CN(C1CCC(=O)NC1=O)C2=O. The largest absolute Gasteiger partial charge is 0.356 e. The number of piperidine rings is 1. The molecule has 3 aliphatic heterocycles. The zero-order chi connectivity index (χ0) is 24.8. The number of amides is 3. The lowest BCUT2D eigenvalue weighted by Crippen LogP contribution is -2.52. The van der Waals surface area contributed by atoms with E-state index in [1.807, 2.05) is 18.2 Å². The van der Waals surface area contributed by atoms with Crippen molar-refractivity contribution in [3.05, 3.63) is 106 Å². The summed E-state index contributed by atoms with van der Waals surface area (Å²) < 4.78 is 0. The van der Waals surface area contributed by atoms with Gasteiger partial charge in [0.2, 0.25) is 11.8 Å². The smallest absolute Gasteiger partial charge is 0.255 e. The topological polar surface area (TPSA) is 69.7 Å². The zero-order valence-electron chi connectivity index (χ0n) is 20.1. The molecule has 1 saturated heterocycles. The summed E-state index contributed by atoms with van der Waals surface area (Å²) in [6, 6.07) is 22.5. The van der Waals surface area contributed by atoms with Gasteiger partial charge in [-0.25, -0.2) is 0 Å². The predicted molar refractivity (Wildman–Crippen MR) is 138 cm³/mol. The molecule has 0 spiro atoms. The number of aryl methyl sites for hydroxylation is 1. The molecule has 0 aliphatic carbocycles. The molecule has 0 saturated carbocycles. The van der Waals surface area contributed by atoms with E-state index in [0.717, 1.165) is 11.1 Å². The van der Waals surface area contributed by atoms with Gasteiger partial charge in [0.05, 0.1) is 6.04 Å². The van der Waals surface area contributed by atoms with Crippen LogP contribution in [0, 0.1) is 6.92 Å². The van der Waals surface area contributed by atoms with Crippen molar-refractivity contribution < 1.29 is 14.4 Å². The van der Waals surface area contributed by atoms with Crippen molar-refractivity contribution in [2.24, 2.45) is 0 Å². The molecular weight excluding hydrogens is 450 g/mol. The fourth-order valence-corrected chi connectivity index (χ4v) is 5.57. The Kier molecular flexibility index (Phi) is 5.44. The maximum atomic E-state index is 13.1. The first-order valence-electron chi connectivity index (χ1n) is 12.3. The summed E-state index contributed by atoms with van der Waals surface area (Å²) >= 11 is 0. The van der Waals surface area contributed by atoms with E-state index in [-0.39, 0.29) is 30.2 Å². The van der Waals surface area contributed by atoms with Crippen molar-refractivity contribution in [3.8, 4) is 0 Å². The lowest BCUT2D eigenvalue weighted by Gasteiger charge is -2.36. The Labute approximate surface area is 210 Å². The van der Waals surface area contributed by atoms with Gasteiger partial charge in [0.25, 0.3) is 5.91 Å². The number of carbonyl (C=O) groups excluding carboxylic acids is 3. The first-order valence-corrected chi connectivity index (χ1v) is 12.3. The van der Waals surface area contributed by atoms with Crippen LogP contribution in [0.25, 0.3) is 6.08 Å². The van der Waals surface area contributed by atoms with Gasteiger partial charge in [0.15, 0.2) is 0 Å². The molecule has 180 valence electrons. The highest BCUT2D eigenvalue weighted by Gasteiger charge is 2.39. The molecule has 1 N–H and O–H groups in total. The van der Waals surface area contributed by atoms with E-state index in [0.29, 0.717) is 25.1 Å². The Morgan fingerprint density at radius 1 is 0.972 bits per heavy atom. The Morgan fingerprint density at radius 2 is 1.81 bits per heavy atom. The highest BCUT2D eigenvalue weighted by atomic mass is 16.2. The van der Waals surface area contributed by atoms with Crippen molar-refractivity contribution in [3.63, 3.8) is 0 Å². The Balaban J connectivity index is 1.30. The van der Waals surface area contributed by atoms with Crippen LogP contribution >= 0.6 is 0 Å². The minimum atomic E-state index is -0.601. The fraction of sp³-hybridized carbons (Fsp3) is 0.233. The summed E-state index contributed by atoms with van der Waals surface area (Å²) in [5.41, 5.74) is 7.49. The molecule has 36 heavy (non-hydrogen) atoms. The molecule has 6 heteroatoms. The number of carbonyl (C=O) groups is 3. The number of imide groups is 1. The molecule has 6 nitrogen and oxygen atoms in total. The van der Waals surface area contributed by atoms with Crippen LogP contribution in [0.3, 0.4) is 0 Å². The second-order valence-electron chi connectivity index (χ2n) is 9.80. The van der Waals surface area contributed by atoms with Crippen LogP contribution in [-0.4, -0.2) is 28.7 Å². The predicted octanol–water partition coefficient (Wildman–Crippen LogP) is 4.53. The first-order chi connectivity index (χ1) is 17.5. The normalized spacial score (nSPS) is 20.9. The average molecular weight is 478 g/mol. The van der Waals surface area contributed by atoms with Crippen LogP contribution in [0.5, 0.6) is 0 Å². The molecule has 3 heterocycles. The summed E-state index contributed by atoms with van der Waals surface area (Å²) in [5.74, 6) is -0.804. The standard InChI is InChI=1S/C30H27N3O3/c1-19-7-11-26-22(15-19)9-12-25(21-5-3-2-4-6-21)32(26)17-20-8-10-24-23(16-20)18-33(30(24)36)27-13-14-28(34)31-29(27)35/h2-12,15-16,25,27H,13-14,17-18H2,1H3,(H,31,34,35). The van der Waals surface area contributed by atoms with Crippen molar-refractivity contribution in [2.45, 2.75) is 44.9 Å². The van der Waals surface area contributed by atoms with Crippen molar-refractivity contribution in [1.29, 1.82) is 0 Å². The van der Waals surface area contributed by atoms with Crippen LogP contribution in [-0.2, 0) is 22.7 Å². The summed E-state index contributed by atoms with van der Waals surface area (Å²) in [7, 11) is 0. The second-order valence-corrected chi connectivity index (χ2v) is 9.80. The third-order valence-corrected chi connectivity index (χ3v) is 7.37. The maximum Gasteiger partial charge on any atom is 0.255 e. The van der Waals surface area contributed by atoms with Crippen LogP contribution in [0.4, 0.5) is 5.69 Å². The highest BCUT2D eigenvalue weighted by Crippen LogP contribution is 2.38. The molecule has 3 aromatic carbocycles. The summed E-state index contributed by atoms with van der Waals surface area (Å²) in [6.07, 6.45) is 5.07. The molecule has 3 amide bonds. The maximum absolute atomic E-state index is 13.1. The van der Waals surface area contributed by atoms with Crippen LogP contribution < -0.4 is 10.2 Å². The second kappa shape index (κ2) is 8.79. The van der Waals surface area contributed by atoms with Gasteiger partial charge in [-0.3, -0.25) is 19.7 Å². The number of anilines is 1. The molecule has 0 radical (unpaired) electrons. The summed E-state index contributed by atoms with van der Waals surface area (Å²) in [6.45, 7) is 3.17. The van der Waals surface area contributed by atoms with Gasteiger partial charge in [-0.05, 0) is 53.8 Å². The number of rotatable bonds is 4. The van der Waals surface area contributed by atoms with E-state index >= 15 is 0 Å². The quantitative estimate of drug-likeness (QED) is 0.561. The first kappa shape index (κ1) is 22.3. The molecule has 3 aromatic rings. The molecule has 6 rings (SSSR count). The monoisotopic (exact) mass is 477 g/mol. The van der Waals surface area contributed by atoms with Gasteiger partial charge in [-0.1, -0.05) is 66.2 Å². The lowest BCUT2D eigenvalue weighted by molar-refractivity contribution is -0.136. The minimum Gasteiger partial charge on any atom is -0.356 e. The van der Waals surface area contributed by atoms with E-state index in [4.69, 9.17) is 0 Å². The highest BCUT2D eigenvalue weighted by molar-refractivity contribution is 6.05. The molecule has 2 unspecified atom stereocenters. The van der Waals surface area contributed by atoms with Gasteiger partial charge in [-0.15, -0.1) is 0 Å². The van der Waals surface area contributed by atoms with E-state index in [9.17, 15) is 14.4 Å². The van der Waals surface area contributed by atoms with Crippen LogP contribution in [0.2, 0.25) is 0 Å². The third kappa shape index (κ3) is 3.88. The van der Waals surface area contributed by atoms with Gasteiger partial charge < -0.3 is 9.80 Å².